The standard InChI is InChI=1S/C33H47NO6/c1-5-22-27-16-20(36)10-13-33(27,4)26-11-14-32(3)24(8-9-25(32)29(26)30(22)37)19(2)12-15-38-21-6-7-23-28(17-21)40-34-31(23)39-18-35/h6-7,17-20,22,24-27,29-30,36-37H,5,8-16H2,1-4H3/t19-,20-,22-,24-,25+,26+,27+,29+,30-,32-,33-/m1/s1. The van der Waals surface area contributed by atoms with Gasteiger partial charge < -0.3 is 24.2 Å². The summed E-state index contributed by atoms with van der Waals surface area (Å²) in [6.45, 7) is 10.7. The molecule has 0 bridgehead atoms. The zero-order chi connectivity index (χ0) is 28.2. The maximum Gasteiger partial charge on any atom is 0.299 e. The van der Waals surface area contributed by atoms with Crippen LogP contribution < -0.4 is 9.47 Å². The van der Waals surface area contributed by atoms with Gasteiger partial charge >= 0.3 is 0 Å². The molecule has 0 spiro atoms. The molecule has 0 saturated heterocycles. The van der Waals surface area contributed by atoms with Gasteiger partial charge in [-0.2, -0.15) is 0 Å². The van der Waals surface area contributed by atoms with E-state index in [4.69, 9.17) is 14.0 Å². The van der Waals surface area contributed by atoms with Gasteiger partial charge in [0.1, 0.15) is 5.75 Å². The first-order chi connectivity index (χ1) is 19.2. The number of carbonyl (C=O) groups excluding carboxylic acids is 1. The molecule has 4 aliphatic carbocycles. The Hall–Kier alpha value is -2.12. The van der Waals surface area contributed by atoms with Crippen molar-refractivity contribution in [1.82, 2.24) is 5.16 Å². The molecule has 220 valence electrons. The predicted molar refractivity (Wildman–Crippen MR) is 152 cm³/mol. The molecule has 7 heteroatoms. The topological polar surface area (TPSA) is 102 Å². The smallest absolute Gasteiger partial charge is 0.299 e. The number of aliphatic hydroxyl groups is 2. The number of ether oxygens (including phenoxy) is 2. The molecule has 40 heavy (non-hydrogen) atoms. The number of aromatic nitrogens is 1. The lowest BCUT2D eigenvalue weighted by Crippen LogP contribution is -2.62. The minimum absolute atomic E-state index is 0.169. The summed E-state index contributed by atoms with van der Waals surface area (Å²) in [7, 11) is 0. The fourth-order valence-electron chi connectivity index (χ4n) is 10.6. The zero-order valence-electron chi connectivity index (χ0n) is 24.6. The molecule has 2 N–H and O–H groups in total. The summed E-state index contributed by atoms with van der Waals surface area (Å²) in [6, 6.07) is 5.47. The average Bonchev–Trinajstić information content (AvgIpc) is 3.50. The van der Waals surface area contributed by atoms with Crippen LogP contribution in [0.5, 0.6) is 11.6 Å². The van der Waals surface area contributed by atoms with E-state index < -0.39 is 0 Å². The van der Waals surface area contributed by atoms with E-state index in [9.17, 15) is 15.0 Å². The minimum atomic E-state index is -0.246. The summed E-state index contributed by atoms with van der Waals surface area (Å²) in [5, 5.41) is 26.9. The molecule has 4 aliphatic rings. The van der Waals surface area contributed by atoms with E-state index in [1.807, 2.05) is 12.1 Å². The van der Waals surface area contributed by atoms with Crippen molar-refractivity contribution in [2.75, 3.05) is 6.61 Å². The number of rotatable bonds is 8. The molecular formula is C33H47NO6. The van der Waals surface area contributed by atoms with Gasteiger partial charge in [0.2, 0.25) is 0 Å². The monoisotopic (exact) mass is 553 g/mol. The number of aliphatic hydroxyl groups excluding tert-OH is 2. The number of fused-ring (bicyclic) bond motifs is 6. The van der Waals surface area contributed by atoms with Crippen LogP contribution in [0.2, 0.25) is 0 Å². The second-order valence-corrected chi connectivity index (χ2v) is 14.1. The molecule has 2 aromatic rings. The van der Waals surface area contributed by atoms with Crippen LogP contribution in [-0.2, 0) is 4.79 Å². The first-order valence-electron chi connectivity index (χ1n) is 15.7. The molecule has 4 fully saturated rings. The van der Waals surface area contributed by atoms with Crippen molar-refractivity contribution in [3.05, 3.63) is 18.2 Å². The van der Waals surface area contributed by atoms with Crippen molar-refractivity contribution >= 4 is 17.4 Å². The van der Waals surface area contributed by atoms with Crippen molar-refractivity contribution < 1.29 is 29.0 Å². The summed E-state index contributed by atoms with van der Waals surface area (Å²) in [4.78, 5) is 10.7. The maximum atomic E-state index is 11.9. The molecule has 0 amide bonds. The van der Waals surface area contributed by atoms with Crippen molar-refractivity contribution in [1.29, 1.82) is 0 Å². The van der Waals surface area contributed by atoms with Gasteiger partial charge in [0.25, 0.3) is 12.4 Å². The van der Waals surface area contributed by atoms with Gasteiger partial charge in [0.15, 0.2) is 5.58 Å². The fraction of sp³-hybridized carbons (Fsp3) is 0.758. The SMILES string of the molecule is CC[C@H]1[C@@H](O)[C@@H]2[C@H](CC[C@]3(C)[C@@H]([C@H](C)CCOc4ccc5c(OC=O)noc5c4)CC[C@@H]23)[C@@]2(C)CC[C@@H](O)C[C@@H]12. The Kier molecular flexibility index (Phi) is 7.44. The highest BCUT2D eigenvalue weighted by molar-refractivity contribution is 5.84. The highest BCUT2D eigenvalue weighted by Crippen LogP contribution is 2.69. The van der Waals surface area contributed by atoms with Crippen LogP contribution in [0, 0.1) is 52.3 Å². The lowest BCUT2D eigenvalue weighted by atomic mass is 9.41. The molecule has 6 rings (SSSR count). The average molecular weight is 554 g/mol. The molecule has 1 aromatic heterocycles. The second kappa shape index (κ2) is 10.6. The Morgan fingerprint density at radius 3 is 2.65 bits per heavy atom. The van der Waals surface area contributed by atoms with E-state index in [1.54, 1.807) is 6.07 Å². The number of hydrogen-bond donors (Lipinski definition) is 2. The number of nitrogens with zero attached hydrogens (tertiary/aromatic N) is 1. The van der Waals surface area contributed by atoms with E-state index in [-0.39, 0.29) is 28.9 Å². The Balaban J connectivity index is 1.13. The third-order valence-corrected chi connectivity index (χ3v) is 12.6. The van der Waals surface area contributed by atoms with Gasteiger partial charge in [-0.25, -0.2) is 0 Å². The van der Waals surface area contributed by atoms with Crippen molar-refractivity contribution in [3.63, 3.8) is 0 Å². The van der Waals surface area contributed by atoms with E-state index in [0.717, 1.165) is 37.9 Å². The van der Waals surface area contributed by atoms with Crippen LogP contribution in [0.15, 0.2) is 22.7 Å². The van der Waals surface area contributed by atoms with Gasteiger partial charge in [0.05, 0.1) is 24.2 Å². The van der Waals surface area contributed by atoms with Crippen LogP contribution >= 0.6 is 0 Å². The third-order valence-electron chi connectivity index (χ3n) is 12.6. The molecule has 4 saturated carbocycles. The number of carbonyl (C=O) groups is 1. The van der Waals surface area contributed by atoms with Gasteiger partial charge in [-0.3, -0.25) is 4.79 Å². The summed E-state index contributed by atoms with van der Waals surface area (Å²) in [6.07, 6.45) is 9.34. The van der Waals surface area contributed by atoms with Crippen LogP contribution in [0.4, 0.5) is 0 Å². The number of benzene rings is 1. The van der Waals surface area contributed by atoms with E-state index in [1.165, 1.54) is 25.7 Å². The molecule has 0 unspecified atom stereocenters. The predicted octanol–water partition coefficient (Wildman–Crippen LogP) is 6.39. The highest BCUT2D eigenvalue weighted by Gasteiger charge is 2.64. The summed E-state index contributed by atoms with van der Waals surface area (Å²) >= 11 is 0. The fourth-order valence-corrected chi connectivity index (χ4v) is 10.6. The molecule has 1 heterocycles. The van der Waals surface area contributed by atoms with E-state index in [0.29, 0.717) is 65.5 Å². The second-order valence-electron chi connectivity index (χ2n) is 14.1. The maximum absolute atomic E-state index is 11.9. The van der Waals surface area contributed by atoms with Crippen molar-refractivity contribution in [3.8, 4) is 11.6 Å². The molecule has 7 nitrogen and oxygen atoms in total. The Morgan fingerprint density at radius 1 is 1.10 bits per heavy atom. The lowest BCUT2D eigenvalue weighted by Gasteiger charge is -2.64. The summed E-state index contributed by atoms with van der Waals surface area (Å²) in [5.74, 6) is 4.33. The zero-order valence-corrected chi connectivity index (χ0v) is 24.6. The quantitative estimate of drug-likeness (QED) is 0.365. The van der Waals surface area contributed by atoms with Gasteiger partial charge in [-0.15, -0.1) is 0 Å². The summed E-state index contributed by atoms with van der Waals surface area (Å²) < 4.78 is 16.3. The van der Waals surface area contributed by atoms with Gasteiger partial charge in [-0.05, 0) is 121 Å². The largest absolute Gasteiger partial charge is 0.493 e. The normalized spacial score (nSPS) is 41.5. The Bertz CT molecular complexity index is 1210. The van der Waals surface area contributed by atoms with Crippen LogP contribution in [0.3, 0.4) is 0 Å². The Labute approximate surface area is 238 Å². The molecular weight excluding hydrogens is 506 g/mol. The first kappa shape index (κ1) is 28.0. The van der Waals surface area contributed by atoms with E-state index >= 15 is 0 Å². The lowest BCUT2D eigenvalue weighted by molar-refractivity contribution is -0.203. The number of hydrogen-bond acceptors (Lipinski definition) is 7. The molecule has 11 atom stereocenters. The molecule has 0 radical (unpaired) electrons. The molecule has 1 aromatic carbocycles. The molecule has 0 aliphatic heterocycles. The van der Waals surface area contributed by atoms with Gasteiger partial charge in [-0.1, -0.05) is 34.1 Å². The van der Waals surface area contributed by atoms with Crippen LogP contribution in [0.25, 0.3) is 11.0 Å². The first-order valence-corrected chi connectivity index (χ1v) is 15.7. The van der Waals surface area contributed by atoms with E-state index in [2.05, 4.69) is 32.9 Å². The third kappa shape index (κ3) is 4.38. The highest BCUT2D eigenvalue weighted by atomic mass is 16.6. The van der Waals surface area contributed by atoms with Crippen LogP contribution in [-0.4, -0.2) is 40.7 Å². The van der Waals surface area contributed by atoms with Crippen molar-refractivity contribution in [2.24, 2.45) is 52.3 Å². The van der Waals surface area contributed by atoms with Crippen molar-refractivity contribution in [2.45, 2.75) is 97.7 Å². The van der Waals surface area contributed by atoms with Gasteiger partial charge in [0, 0.05) is 6.07 Å². The van der Waals surface area contributed by atoms with Crippen LogP contribution in [0.1, 0.15) is 85.5 Å². The summed E-state index contributed by atoms with van der Waals surface area (Å²) in [5.41, 5.74) is 1.03. The minimum Gasteiger partial charge on any atom is -0.493 e. The Morgan fingerprint density at radius 2 is 1.88 bits per heavy atom.